The fourth-order valence-electron chi connectivity index (χ4n) is 2.29. The van der Waals surface area contributed by atoms with Gasteiger partial charge in [0.05, 0.1) is 11.8 Å². The smallest absolute Gasteiger partial charge is 0.259 e. The van der Waals surface area contributed by atoms with Gasteiger partial charge >= 0.3 is 0 Å². The first-order chi connectivity index (χ1) is 9.73. The highest BCUT2D eigenvalue weighted by molar-refractivity contribution is 5.53. The quantitative estimate of drug-likeness (QED) is 0.908. The molecule has 0 radical (unpaired) electrons. The van der Waals surface area contributed by atoms with Crippen LogP contribution in [-0.2, 0) is 15.1 Å². The van der Waals surface area contributed by atoms with Crippen molar-refractivity contribution >= 4 is 0 Å². The number of pyridine rings is 1. The minimum absolute atomic E-state index is 0.0507. The third kappa shape index (κ3) is 2.25. The Morgan fingerprint density at radius 1 is 1.30 bits per heavy atom. The SMILES string of the molecule is COC1(c2noc(-c3cncc(O)c3)n2)CCOCC1. The van der Waals surface area contributed by atoms with Crippen LogP contribution in [0.1, 0.15) is 18.7 Å². The standard InChI is InChI=1S/C13H15N3O4/c1-18-13(2-4-19-5-3-13)12-15-11(20-16-12)9-6-10(17)8-14-7-9/h6-8,17H,2-5H2,1H3. The van der Waals surface area contributed by atoms with Gasteiger partial charge in [-0.05, 0) is 6.07 Å². The average Bonchev–Trinajstić information content (AvgIpc) is 2.98. The molecule has 7 heteroatoms. The summed E-state index contributed by atoms with van der Waals surface area (Å²) in [5.74, 6) is 0.864. The van der Waals surface area contributed by atoms with Crippen LogP contribution in [0.15, 0.2) is 23.0 Å². The maximum absolute atomic E-state index is 9.43. The molecule has 0 aliphatic carbocycles. The second-order valence-corrected chi connectivity index (χ2v) is 4.67. The molecule has 1 saturated heterocycles. The molecule has 0 saturated carbocycles. The zero-order valence-electron chi connectivity index (χ0n) is 11.1. The highest BCUT2D eigenvalue weighted by Crippen LogP contribution is 2.34. The van der Waals surface area contributed by atoms with Crippen molar-refractivity contribution in [2.24, 2.45) is 0 Å². The Kier molecular flexibility index (Phi) is 3.37. The number of hydrogen-bond donors (Lipinski definition) is 1. The first-order valence-electron chi connectivity index (χ1n) is 6.35. The minimum atomic E-state index is -0.565. The Morgan fingerprint density at radius 2 is 2.10 bits per heavy atom. The van der Waals surface area contributed by atoms with E-state index in [0.717, 1.165) is 0 Å². The lowest BCUT2D eigenvalue weighted by molar-refractivity contribution is -0.101. The van der Waals surface area contributed by atoms with Gasteiger partial charge in [0.2, 0.25) is 5.82 Å². The van der Waals surface area contributed by atoms with Gasteiger partial charge in [0, 0.05) is 39.4 Å². The largest absolute Gasteiger partial charge is 0.506 e. The fourth-order valence-corrected chi connectivity index (χ4v) is 2.29. The van der Waals surface area contributed by atoms with E-state index in [0.29, 0.717) is 43.3 Å². The van der Waals surface area contributed by atoms with Crippen molar-refractivity contribution in [1.82, 2.24) is 15.1 Å². The van der Waals surface area contributed by atoms with Gasteiger partial charge in [-0.15, -0.1) is 0 Å². The van der Waals surface area contributed by atoms with Crippen molar-refractivity contribution in [1.29, 1.82) is 0 Å². The summed E-state index contributed by atoms with van der Waals surface area (Å²) in [7, 11) is 1.64. The predicted octanol–water partition coefficient (Wildman–Crippen LogP) is 1.49. The molecule has 1 aliphatic heterocycles. The molecular formula is C13H15N3O4. The number of aromatic nitrogens is 3. The molecule has 1 N–H and O–H groups in total. The van der Waals surface area contributed by atoms with Gasteiger partial charge in [-0.25, -0.2) is 0 Å². The molecule has 0 bridgehead atoms. The van der Waals surface area contributed by atoms with Crippen molar-refractivity contribution in [2.45, 2.75) is 18.4 Å². The number of aromatic hydroxyl groups is 1. The summed E-state index contributed by atoms with van der Waals surface area (Å²) in [5, 5.41) is 13.4. The molecule has 0 amide bonds. The molecule has 2 aromatic rings. The van der Waals surface area contributed by atoms with E-state index >= 15 is 0 Å². The monoisotopic (exact) mass is 277 g/mol. The summed E-state index contributed by atoms with van der Waals surface area (Å²) in [6.07, 6.45) is 4.26. The molecule has 2 aromatic heterocycles. The van der Waals surface area contributed by atoms with E-state index < -0.39 is 5.60 Å². The van der Waals surface area contributed by atoms with Crippen LogP contribution in [-0.4, -0.2) is 40.6 Å². The first kappa shape index (κ1) is 13.0. The molecule has 3 heterocycles. The molecule has 0 unspecified atom stereocenters. The molecule has 3 rings (SSSR count). The number of hydrogen-bond acceptors (Lipinski definition) is 7. The zero-order valence-corrected chi connectivity index (χ0v) is 11.1. The van der Waals surface area contributed by atoms with E-state index in [1.54, 1.807) is 13.3 Å². The zero-order chi connectivity index (χ0) is 14.0. The lowest BCUT2D eigenvalue weighted by Gasteiger charge is -2.32. The molecule has 106 valence electrons. The van der Waals surface area contributed by atoms with E-state index in [9.17, 15) is 5.11 Å². The summed E-state index contributed by atoms with van der Waals surface area (Å²) in [5.41, 5.74) is 0.00613. The summed E-state index contributed by atoms with van der Waals surface area (Å²) in [6.45, 7) is 1.21. The fraction of sp³-hybridized carbons (Fsp3) is 0.462. The normalized spacial score (nSPS) is 18.1. The van der Waals surface area contributed by atoms with Crippen LogP contribution < -0.4 is 0 Å². The average molecular weight is 277 g/mol. The number of methoxy groups -OCH3 is 1. The first-order valence-corrected chi connectivity index (χ1v) is 6.35. The summed E-state index contributed by atoms with van der Waals surface area (Å²) < 4.78 is 16.2. The second-order valence-electron chi connectivity index (χ2n) is 4.67. The highest BCUT2D eigenvalue weighted by atomic mass is 16.5. The minimum Gasteiger partial charge on any atom is -0.506 e. The third-order valence-electron chi connectivity index (χ3n) is 3.50. The molecule has 0 atom stereocenters. The Labute approximate surface area is 115 Å². The number of ether oxygens (including phenoxy) is 2. The molecular weight excluding hydrogens is 262 g/mol. The van der Waals surface area contributed by atoms with Crippen molar-refractivity contribution in [3.63, 3.8) is 0 Å². The van der Waals surface area contributed by atoms with Crippen molar-refractivity contribution < 1.29 is 19.1 Å². The van der Waals surface area contributed by atoms with Crippen LogP contribution in [0.5, 0.6) is 5.75 Å². The Hall–Kier alpha value is -1.99. The van der Waals surface area contributed by atoms with Crippen LogP contribution in [0.2, 0.25) is 0 Å². The molecule has 0 aromatic carbocycles. The molecule has 20 heavy (non-hydrogen) atoms. The maximum Gasteiger partial charge on any atom is 0.259 e. The van der Waals surface area contributed by atoms with Gasteiger partial charge in [0.15, 0.2) is 0 Å². The second kappa shape index (κ2) is 5.18. The number of nitrogens with zero attached hydrogens (tertiary/aromatic N) is 3. The van der Waals surface area contributed by atoms with Gasteiger partial charge in [-0.3, -0.25) is 4.98 Å². The van der Waals surface area contributed by atoms with E-state index in [-0.39, 0.29) is 5.75 Å². The Balaban J connectivity index is 1.93. The van der Waals surface area contributed by atoms with E-state index in [1.165, 1.54) is 12.3 Å². The van der Waals surface area contributed by atoms with Gasteiger partial charge < -0.3 is 19.1 Å². The Bertz CT molecular complexity index is 593. The summed E-state index contributed by atoms with van der Waals surface area (Å²) >= 11 is 0. The van der Waals surface area contributed by atoms with Gasteiger partial charge in [-0.1, -0.05) is 5.16 Å². The van der Waals surface area contributed by atoms with Crippen LogP contribution in [0.3, 0.4) is 0 Å². The van der Waals surface area contributed by atoms with Gasteiger partial charge in [-0.2, -0.15) is 4.98 Å². The molecule has 0 spiro atoms. The van der Waals surface area contributed by atoms with Crippen molar-refractivity contribution in [3.8, 4) is 17.2 Å². The van der Waals surface area contributed by atoms with Crippen LogP contribution in [0.4, 0.5) is 0 Å². The lowest BCUT2D eigenvalue weighted by atomic mass is 9.93. The Morgan fingerprint density at radius 3 is 2.80 bits per heavy atom. The summed E-state index contributed by atoms with van der Waals surface area (Å²) in [6, 6.07) is 1.52. The van der Waals surface area contributed by atoms with E-state index in [1.807, 2.05) is 0 Å². The van der Waals surface area contributed by atoms with Crippen LogP contribution in [0, 0.1) is 0 Å². The van der Waals surface area contributed by atoms with E-state index in [2.05, 4.69) is 15.1 Å². The van der Waals surface area contributed by atoms with Crippen LogP contribution >= 0.6 is 0 Å². The lowest BCUT2D eigenvalue weighted by Crippen LogP contribution is -2.36. The topological polar surface area (TPSA) is 90.5 Å². The molecule has 7 nitrogen and oxygen atoms in total. The number of rotatable bonds is 3. The third-order valence-corrected chi connectivity index (χ3v) is 3.50. The van der Waals surface area contributed by atoms with Crippen molar-refractivity contribution in [2.75, 3.05) is 20.3 Å². The maximum atomic E-state index is 9.43. The van der Waals surface area contributed by atoms with Crippen LogP contribution in [0.25, 0.3) is 11.5 Å². The molecule has 1 aliphatic rings. The van der Waals surface area contributed by atoms with Gasteiger partial charge in [0.25, 0.3) is 5.89 Å². The van der Waals surface area contributed by atoms with Crippen molar-refractivity contribution in [3.05, 3.63) is 24.3 Å². The predicted molar refractivity (Wildman–Crippen MR) is 67.9 cm³/mol. The molecule has 1 fully saturated rings. The van der Waals surface area contributed by atoms with Gasteiger partial charge in [0.1, 0.15) is 11.4 Å². The highest BCUT2D eigenvalue weighted by Gasteiger charge is 2.39. The van der Waals surface area contributed by atoms with E-state index in [4.69, 9.17) is 14.0 Å². The summed E-state index contributed by atoms with van der Waals surface area (Å²) in [4.78, 5) is 8.27.